The number of rotatable bonds is 5. The Morgan fingerprint density at radius 2 is 2.14 bits per heavy atom. The van der Waals surface area contributed by atoms with Crippen LogP contribution in [0.2, 0.25) is 0 Å². The van der Waals surface area contributed by atoms with Crippen LogP contribution in [0.1, 0.15) is 51.5 Å². The maximum atomic E-state index is 12.2. The molecule has 0 heterocycles. The predicted octanol–water partition coefficient (Wildman–Crippen LogP) is 2.98. The molecular weight excluding hydrogens is 280 g/mol. The van der Waals surface area contributed by atoms with Gasteiger partial charge in [0, 0.05) is 0 Å². The van der Waals surface area contributed by atoms with Gasteiger partial charge >= 0.3 is 0 Å². The molecule has 1 saturated carbocycles. The van der Waals surface area contributed by atoms with Crippen LogP contribution < -0.4 is 10.1 Å². The average Bonchev–Trinajstić information content (AvgIpc) is 2.86. The molecule has 22 heavy (non-hydrogen) atoms. The summed E-state index contributed by atoms with van der Waals surface area (Å²) in [5.41, 5.74) is 0.0287. The van der Waals surface area contributed by atoms with E-state index in [0.717, 1.165) is 12.8 Å². The van der Waals surface area contributed by atoms with Gasteiger partial charge in [-0.05, 0) is 44.9 Å². The zero-order valence-corrected chi connectivity index (χ0v) is 13.1. The molecule has 0 aromatic heterocycles. The summed E-state index contributed by atoms with van der Waals surface area (Å²) >= 11 is 0. The van der Waals surface area contributed by atoms with Gasteiger partial charge in [0.2, 0.25) is 5.91 Å². The van der Waals surface area contributed by atoms with Gasteiger partial charge in [0.15, 0.2) is 0 Å². The number of nitrogens with zero attached hydrogens (tertiary/aromatic N) is 1. The summed E-state index contributed by atoms with van der Waals surface area (Å²) in [5.74, 6) is 0.272. The van der Waals surface area contributed by atoms with Crippen LogP contribution in [-0.4, -0.2) is 22.7 Å². The Hall–Kier alpha value is -2.06. The van der Waals surface area contributed by atoms with Crippen molar-refractivity contribution in [1.82, 2.24) is 0 Å². The molecule has 0 spiro atoms. The van der Waals surface area contributed by atoms with Crippen LogP contribution in [0.15, 0.2) is 18.2 Å². The lowest BCUT2D eigenvalue weighted by Gasteiger charge is -2.22. The zero-order valence-electron chi connectivity index (χ0n) is 13.1. The SMILES string of the molecule is CC(C)Oc1ccc(C#N)cc1NC(=O)CC1(O)CCCC1. The molecule has 0 unspecified atom stereocenters. The second-order valence-corrected chi connectivity index (χ2v) is 6.15. The number of amides is 1. The highest BCUT2D eigenvalue weighted by Crippen LogP contribution is 2.33. The molecule has 2 rings (SSSR count). The maximum absolute atomic E-state index is 12.2. The van der Waals surface area contributed by atoms with Crippen molar-refractivity contribution >= 4 is 11.6 Å². The number of anilines is 1. The van der Waals surface area contributed by atoms with E-state index in [2.05, 4.69) is 5.32 Å². The fraction of sp³-hybridized carbons (Fsp3) is 0.529. The van der Waals surface area contributed by atoms with Crippen LogP contribution in [0.5, 0.6) is 5.75 Å². The summed E-state index contributed by atoms with van der Waals surface area (Å²) in [7, 11) is 0. The Morgan fingerprint density at radius 1 is 1.45 bits per heavy atom. The van der Waals surface area contributed by atoms with E-state index in [-0.39, 0.29) is 18.4 Å². The van der Waals surface area contributed by atoms with Crippen LogP contribution in [-0.2, 0) is 4.79 Å². The average molecular weight is 302 g/mol. The van der Waals surface area contributed by atoms with Gasteiger partial charge in [0.1, 0.15) is 5.75 Å². The first kappa shape index (κ1) is 16.3. The van der Waals surface area contributed by atoms with Gasteiger partial charge in [0.25, 0.3) is 0 Å². The minimum atomic E-state index is -0.893. The quantitative estimate of drug-likeness (QED) is 0.876. The standard InChI is InChI=1S/C17H22N2O3/c1-12(2)22-15-6-5-13(11-18)9-14(15)19-16(20)10-17(21)7-3-4-8-17/h5-6,9,12,21H,3-4,7-8,10H2,1-2H3,(H,19,20). The molecule has 5 heteroatoms. The van der Waals surface area contributed by atoms with Crippen LogP contribution in [0.25, 0.3) is 0 Å². The van der Waals surface area contributed by atoms with Gasteiger partial charge in [-0.15, -0.1) is 0 Å². The summed E-state index contributed by atoms with van der Waals surface area (Å²) in [6, 6.07) is 6.97. The Bertz CT molecular complexity index is 584. The molecule has 1 fully saturated rings. The predicted molar refractivity (Wildman–Crippen MR) is 83.6 cm³/mol. The maximum Gasteiger partial charge on any atom is 0.227 e. The first-order valence-corrected chi connectivity index (χ1v) is 7.65. The van der Waals surface area contributed by atoms with Crippen LogP contribution in [0.4, 0.5) is 5.69 Å². The van der Waals surface area contributed by atoms with Crippen LogP contribution >= 0.6 is 0 Å². The van der Waals surface area contributed by atoms with Crippen LogP contribution in [0, 0.1) is 11.3 Å². The van der Waals surface area contributed by atoms with Crippen molar-refractivity contribution in [3.63, 3.8) is 0 Å². The third-order valence-electron chi connectivity index (χ3n) is 3.77. The Kier molecular flexibility index (Phi) is 5.04. The lowest BCUT2D eigenvalue weighted by molar-refractivity contribution is -0.120. The van der Waals surface area contributed by atoms with E-state index >= 15 is 0 Å². The fourth-order valence-corrected chi connectivity index (χ4v) is 2.76. The Morgan fingerprint density at radius 3 is 2.73 bits per heavy atom. The third kappa shape index (κ3) is 4.22. The zero-order chi connectivity index (χ0) is 16.2. The largest absolute Gasteiger partial charge is 0.489 e. The fourth-order valence-electron chi connectivity index (χ4n) is 2.76. The minimum Gasteiger partial charge on any atom is -0.489 e. The molecule has 0 atom stereocenters. The van der Waals surface area contributed by atoms with Crippen molar-refractivity contribution in [3.8, 4) is 11.8 Å². The third-order valence-corrected chi connectivity index (χ3v) is 3.77. The van der Waals surface area contributed by atoms with Crippen molar-refractivity contribution in [2.45, 2.75) is 57.7 Å². The van der Waals surface area contributed by atoms with E-state index in [0.29, 0.717) is 29.8 Å². The first-order chi connectivity index (χ1) is 10.4. The van der Waals surface area contributed by atoms with Gasteiger partial charge in [0.05, 0.1) is 35.4 Å². The Balaban J connectivity index is 2.12. The molecule has 2 N–H and O–H groups in total. The van der Waals surface area contributed by atoms with Gasteiger partial charge in [-0.3, -0.25) is 4.79 Å². The molecule has 1 aromatic rings. The lowest BCUT2D eigenvalue weighted by atomic mass is 9.97. The smallest absolute Gasteiger partial charge is 0.227 e. The molecule has 1 aliphatic rings. The summed E-state index contributed by atoms with van der Waals surface area (Å²) in [6.45, 7) is 3.79. The topological polar surface area (TPSA) is 82.3 Å². The van der Waals surface area contributed by atoms with Crippen molar-refractivity contribution in [2.75, 3.05) is 5.32 Å². The van der Waals surface area contributed by atoms with E-state index in [1.54, 1.807) is 18.2 Å². The van der Waals surface area contributed by atoms with E-state index < -0.39 is 5.60 Å². The highest BCUT2D eigenvalue weighted by molar-refractivity contribution is 5.93. The monoisotopic (exact) mass is 302 g/mol. The number of aliphatic hydroxyl groups is 1. The highest BCUT2D eigenvalue weighted by atomic mass is 16.5. The van der Waals surface area contributed by atoms with Gasteiger partial charge in [-0.2, -0.15) is 5.26 Å². The molecule has 1 aliphatic carbocycles. The first-order valence-electron chi connectivity index (χ1n) is 7.65. The molecule has 5 nitrogen and oxygen atoms in total. The molecule has 0 radical (unpaired) electrons. The Labute approximate surface area is 130 Å². The van der Waals surface area contributed by atoms with Crippen molar-refractivity contribution in [3.05, 3.63) is 23.8 Å². The van der Waals surface area contributed by atoms with Crippen molar-refractivity contribution in [1.29, 1.82) is 5.26 Å². The number of carbonyl (C=O) groups excluding carboxylic acids is 1. The summed E-state index contributed by atoms with van der Waals surface area (Å²) < 4.78 is 5.65. The van der Waals surface area contributed by atoms with Gasteiger partial charge in [-0.1, -0.05) is 12.8 Å². The number of nitriles is 1. The van der Waals surface area contributed by atoms with E-state index in [9.17, 15) is 9.90 Å². The van der Waals surface area contributed by atoms with Gasteiger partial charge < -0.3 is 15.2 Å². The second-order valence-electron chi connectivity index (χ2n) is 6.15. The summed E-state index contributed by atoms with van der Waals surface area (Å²) in [4.78, 5) is 12.2. The number of nitrogens with one attached hydrogen (secondary N) is 1. The molecule has 0 saturated heterocycles. The molecular formula is C17H22N2O3. The molecule has 0 aliphatic heterocycles. The van der Waals surface area contributed by atoms with E-state index in [1.807, 2.05) is 19.9 Å². The molecule has 118 valence electrons. The number of ether oxygens (including phenoxy) is 1. The van der Waals surface area contributed by atoms with Crippen molar-refractivity contribution in [2.24, 2.45) is 0 Å². The number of hydrogen-bond donors (Lipinski definition) is 2. The summed E-state index contributed by atoms with van der Waals surface area (Å²) in [6.07, 6.45) is 3.26. The molecule has 0 bridgehead atoms. The van der Waals surface area contributed by atoms with Gasteiger partial charge in [-0.25, -0.2) is 0 Å². The summed E-state index contributed by atoms with van der Waals surface area (Å²) in [5, 5.41) is 22.1. The molecule has 1 amide bonds. The van der Waals surface area contributed by atoms with E-state index in [1.165, 1.54) is 0 Å². The van der Waals surface area contributed by atoms with Crippen molar-refractivity contribution < 1.29 is 14.6 Å². The number of benzene rings is 1. The minimum absolute atomic E-state index is 0.0393. The lowest BCUT2D eigenvalue weighted by Crippen LogP contribution is -2.30. The van der Waals surface area contributed by atoms with E-state index in [4.69, 9.17) is 10.00 Å². The number of carbonyl (C=O) groups is 1. The number of hydrogen-bond acceptors (Lipinski definition) is 4. The van der Waals surface area contributed by atoms with Crippen LogP contribution in [0.3, 0.4) is 0 Å². The normalized spacial score (nSPS) is 16.3. The highest BCUT2D eigenvalue weighted by Gasteiger charge is 2.33. The molecule has 1 aromatic carbocycles. The second kappa shape index (κ2) is 6.80.